The monoisotopic (exact) mass is 347 g/mol. The van der Waals surface area contributed by atoms with Crippen molar-refractivity contribution in [3.63, 3.8) is 0 Å². The molecule has 3 rings (SSSR count). The van der Waals surface area contributed by atoms with E-state index in [4.69, 9.17) is 15.6 Å². The van der Waals surface area contributed by atoms with Crippen LogP contribution >= 0.6 is 12.6 Å². The Labute approximate surface area is 146 Å². The normalized spacial score (nSPS) is 20.0. The summed E-state index contributed by atoms with van der Waals surface area (Å²) in [5.41, 5.74) is 7.04. The van der Waals surface area contributed by atoms with Crippen molar-refractivity contribution in [2.24, 2.45) is 5.73 Å². The second-order valence-electron chi connectivity index (χ2n) is 5.46. The summed E-state index contributed by atoms with van der Waals surface area (Å²) < 4.78 is 5.88. The lowest BCUT2D eigenvalue weighted by atomic mass is 9.95. The Hall–Kier alpha value is -2.02. The van der Waals surface area contributed by atoms with E-state index >= 15 is 0 Å². The third kappa shape index (κ3) is 4.74. The molecule has 6 heteroatoms. The molecule has 0 fully saturated rings. The van der Waals surface area contributed by atoms with Crippen molar-refractivity contribution in [3.8, 4) is 5.75 Å². The molecular weight excluding hydrogens is 326 g/mol. The van der Waals surface area contributed by atoms with Crippen LogP contribution in [0.15, 0.2) is 54.6 Å². The maximum atomic E-state index is 10.1. The van der Waals surface area contributed by atoms with Crippen LogP contribution in [0.5, 0.6) is 5.75 Å². The fourth-order valence-corrected chi connectivity index (χ4v) is 2.50. The van der Waals surface area contributed by atoms with Gasteiger partial charge in [-0.05, 0) is 17.2 Å². The molecule has 1 aliphatic rings. The molecule has 3 atom stereocenters. The zero-order valence-electron chi connectivity index (χ0n) is 13.1. The topological polar surface area (TPSA) is 92.8 Å². The van der Waals surface area contributed by atoms with Gasteiger partial charge in [-0.2, -0.15) is 12.6 Å². The van der Waals surface area contributed by atoms with Crippen LogP contribution in [0.4, 0.5) is 0 Å². The first-order valence-corrected chi connectivity index (χ1v) is 8.23. The van der Waals surface area contributed by atoms with Gasteiger partial charge in [0, 0.05) is 12.2 Å². The number of fused-ring (bicyclic) bond motifs is 1. The molecule has 2 aromatic carbocycles. The average Bonchev–Trinajstić information content (AvgIpc) is 2.61. The number of carboxylic acids is 1. The molecule has 2 aromatic rings. The molecule has 0 bridgehead atoms. The number of aliphatic hydroxyl groups excluding tert-OH is 1. The number of benzene rings is 2. The third-order valence-corrected chi connectivity index (χ3v) is 4.04. The van der Waals surface area contributed by atoms with Gasteiger partial charge in [-0.3, -0.25) is 4.79 Å². The van der Waals surface area contributed by atoms with E-state index in [9.17, 15) is 9.90 Å². The molecule has 0 amide bonds. The molecule has 0 saturated heterocycles. The number of ether oxygens (including phenoxy) is 1. The minimum Gasteiger partial charge on any atom is -0.483 e. The van der Waals surface area contributed by atoms with Crippen molar-refractivity contribution in [1.29, 1.82) is 0 Å². The molecule has 0 aromatic heterocycles. The van der Waals surface area contributed by atoms with Gasteiger partial charge < -0.3 is 20.7 Å². The predicted octanol–water partition coefficient (Wildman–Crippen LogP) is 2.05. The standard InChI is InChI=1S/C15H14O2.C3H7NO2S/c16-13-10-12-8-4-5-9-14(12)17-15(13)11-6-2-1-3-7-11;4-2(1-7)3(5)6/h1-9,13,15-16H,10H2;2,7H,1,4H2,(H,5,6). The van der Waals surface area contributed by atoms with Gasteiger partial charge in [0.25, 0.3) is 0 Å². The average molecular weight is 347 g/mol. The van der Waals surface area contributed by atoms with E-state index in [1.807, 2.05) is 54.6 Å². The Balaban J connectivity index is 0.000000256. The second-order valence-corrected chi connectivity index (χ2v) is 5.82. The number of aliphatic hydroxyl groups is 1. The highest BCUT2D eigenvalue weighted by Gasteiger charge is 2.29. The van der Waals surface area contributed by atoms with E-state index in [1.54, 1.807) is 0 Å². The molecule has 24 heavy (non-hydrogen) atoms. The van der Waals surface area contributed by atoms with Crippen LogP contribution in [0.25, 0.3) is 0 Å². The smallest absolute Gasteiger partial charge is 0.321 e. The van der Waals surface area contributed by atoms with Crippen LogP contribution < -0.4 is 10.5 Å². The van der Waals surface area contributed by atoms with Crippen LogP contribution in [-0.4, -0.2) is 34.1 Å². The fourth-order valence-electron chi connectivity index (χ4n) is 2.35. The lowest BCUT2D eigenvalue weighted by Crippen LogP contribution is -2.31. The van der Waals surface area contributed by atoms with Crippen molar-refractivity contribution in [3.05, 3.63) is 65.7 Å². The zero-order chi connectivity index (χ0) is 17.5. The Kier molecular flexibility index (Phi) is 6.66. The first-order valence-electron chi connectivity index (χ1n) is 7.59. The Morgan fingerprint density at radius 2 is 1.83 bits per heavy atom. The van der Waals surface area contributed by atoms with Gasteiger partial charge in [-0.1, -0.05) is 48.5 Å². The lowest BCUT2D eigenvalue weighted by molar-refractivity contribution is -0.137. The Morgan fingerprint density at radius 3 is 2.42 bits per heavy atom. The van der Waals surface area contributed by atoms with Crippen LogP contribution in [0, 0.1) is 0 Å². The van der Waals surface area contributed by atoms with E-state index in [1.165, 1.54) is 0 Å². The highest BCUT2D eigenvalue weighted by molar-refractivity contribution is 7.80. The molecule has 5 nitrogen and oxygen atoms in total. The van der Waals surface area contributed by atoms with Gasteiger partial charge in [-0.15, -0.1) is 0 Å². The summed E-state index contributed by atoms with van der Waals surface area (Å²) in [6.45, 7) is 0. The highest BCUT2D eigenvalue weighted by atomic mass is 32.1. The number of carbonyl (C=O) groups is 1. The fraction of sp³-hybridized carbons (Fsp3) is 0.278. The van der Waals surface area contributed by atoms with Crippen LogP contribution in [0.1, 0.15) is 17.2 Å². The SMILES string of the molecule is NC(CS)C(=O)O.OC1Cc2ccccc2OC1c1ccccc1. The predicted molar refractivity (Wildman–Crippen MR) is 95.4 cm³/mol. The summed E-state index contributed by atoms with van der Waals surface area (Å²) in [6, 6.07) is 16.9. The van der Waals surface area contributed by atoms with Crippen molar-refractivity contribution >= 4 is 18.6 Å². The number of hydrogen-bond donors (Lipinski definition) is 4. The molecule has 4 N–H and O–H groups in total. The van der Waals surface area contributed by atoms with E-state index in [-0.39, 0.29) is 11.9 Å². The summed E-state index contributed by atoms with van der Waals surface area (Å²) in [4.78, 5) is 9.76. The van der Waals surface area contributed by atoms with Crippen molar-refractivity contribution in [2.45, 2.75) is 24.7 Å². The summed E-state index contributed by atoms with van der Waals surface area (Å²) in [6.07, 6.45) is -0.0890. The van der Waals surface area contributed by atoms with Crippen LogP contribution in [0.2, 0.25) is 0 Å². The van der Waals surface area contributed by atoms with Gasteiger partial charge in [-0.25, -0.2) is 0 Å². The van der Waals surface area contributed by atoms with E-state index in [2.05, 4.69) is 12.6 Å². The molecule has 128 valence electrons. The molecule has 3 unspecified atom stereocenters. The van der Waals surface area contributed by atoms with Gasteiger partial charge in [0.2, 0.25) is 0 Å². The minimum atomic E-state index is -1.00. The number of aliphatic carboxylic acids is 1. The number of thiol groups is 1. The molecule has 0 spiro atoms. The number of rotatable bonds is 3. The van der Waals surface area contributed by atoms with Crippen molar-refractivity contribution < 1.29 is 19.7 Å². The molecule has 0 radical (unpaired) electrons. The first kappa shape index (κ1) is 18.3. The minimum absolute atomic E-state index is 0.190. The van der Waals surface area contributed by atoms with Crippen LogP contribution in [-0.2, 0) is 11.2 Å². The van der Waals surface area contributed by atoms with E-state index < -0.39 is 18.1 Å². The summed E-state index contributed by atoms with van der Waals surface area (Å²) >= 11 is 3.65. The number of carboxylic acid groups (broad SMARTS) is 1. The van der Waals surface area contributed by atoms with Crippen molar-refractivity contribution in [2.75, 3.05) is 5.75 Å². The summed E-state index contributed by atoms with van der Waals surface area (Å²) in [7, 11) is 0. The molecule has 0 saturated carbocycles. The van der Waals surface area contributed by atoms with E-state index in [0.29, 0.717) is 6.42 Å². The van der Waals surface area contributed by atoms with Crippen LogP contribution in [0.3, 0.4) is 0 Å². The first-order chi connectivity index (χ1) is 11.5. The van der Waals surface area contributed by atoms with E-state index in [0.717, 1.165) is 16.9 Å². The Bertz CT molecular complexity index is 665. The van der Waals surface area contributed by atoms with Gasteiger partial charge in [0.05, 0.1) is 6.10 Å². The highest BCUT2D eigenvalue weighted by Crippen LogP contribution is 2.34. The zero-order valence-corrected chi connectivity index (χ0v) is 14.0. The maximum Gasteiger partial charge on any atom is 0.321 e. The molecule has 0 aliphatic carbocycles. The summed E-state index contributed by atoms with van der Waals surface area (Å²) in [5.74, 6) is 0.0663. The Morgan fingerprint density at radius 1 is 1.21 bits per heavy atom. The van der Waals surface area contributed by atoms with Gasteiger partial charge >= 0.3 is 5.97 Å². The van der Waals surface area contributed by atoms with Gasteiger partial charge in [0.15, 0.2) is 0 Å². The largest absolute Gasteiger partial charge is 0.483 e. The molecule has 1 aliphatic heterocycles. The van der Waals surface area contributed by atoms with Gasteiger partial charge in [0.1, 0.15) is 17.9 Å². The lowest BCUT2D eigenvalue weighted by Gasteiger charge is -2.30. The molecule has 1 heterocycles. The number of hydrogen-bond acceptors (Lipinski definition) is 5. The second kappa shape index (κ2) is 8.73. The number of nitrogens with two attached hydrogens (primary N) is 1. The quantitative estimate of drug-likeness (QED) is 0.638. The summed E-state index contributed by atoms with van der Waals surface area (Å²) in [5, 5.41) is 18.2. The number of para-hydroxylation sites is 1. The van der Waals surface area contributed by atoms with Crippen molar-refractivity contribution in [1.82, 2.24) is 0 Å². The third-order valence-electron chi connectivity index (χ3n) is 3.65. The molecular formula is C18H21NO4S. The maximum absolute atomic E-state index is 10.1.